The molecular formula is C19H16Cl2N2O. The van der Waals surface area contributed by atoms with Gasteiger partial charge in [0.25, 0.3) is 5.91 Å². The lowest BCUT2D eigenvalue weighted by atomic mass is 9.76. The summed E-state index contributed by atoms with van der Waals surface area (Å²) in [5, 5.41) is 4.61. The van der Waals surface area contributed by atoms with Gasteiger partial charge in [0.05, 0.1) is 27.3 Å². The number of nitrogens with two attached hydrogens (primary N) is 1. The minimum atomic E-state index is -0.435. The quantitative estimate of drug-likeness (QED) is 0.748. The zero-order valence-electron chi connectivity index (χ0n) is 12.8. The second kappa shape index (κ2) is 5.83. The molecule has 0 aromatic heterocycles. The van der Waals surface area contributed by atoms with Crippen LogP contribution < -0.4 is 11.1 Å². The van der Waals surface area contributed by atoms with Crippen LogP contribution in [0.3, 0.4) is 0 Å². The summed E-state index contributed by atoms with van der Waals surface area (Å²) < 4.78 is 0. The Kier molecular flexibility index (Phi) is 3.78. The van der Waals surface area contributed by atoms with Crippen LogP contribution in [0.25, 0.3) is 0 Å². The average molecular weight is 359 g/mol. The van der Waals surface area contributed by atoms with E-state index in [0.717, 1.165) is 23.2 Å². The Labute approximate surface area is 150 Å². The van der Waals surface area contributed by atoms with Crippen molar-refractivity contribution in [2.75, 3.05) is 5.32 Å². The van der Waals surface area contributed by atoms with E-state index in [2.05, 4.69) is 23.5 Å². The van der Waals surface area contributed by atoms with E-state index in [0.29, 0.717) is 21.5 Å². The molecule has 2 aromatic rings. The Hall–Kier alpha value is -1.97. The first-order valence-electron chi connectivity index (χ1n) is 7.87. The minimum Gasteiger partial charge on any atom is -0.377 e. The molecule has 3 atom stereocenters. The zero-order chi connectivity index (χ0) is 16.8. The Morgan fingerprint density at radius 3 is 2.67 bits per heavy atom. The van der Waals surface area contributed by atoms with Crippen LogP contribution in [0.5, 0.6) is 0 Å². The predicted molar refractivity (Wildman–Crippen MR) is 97.8 cm³/mol. The van der Waals surface area contributed by atoms with Gasteiger partial charge < -0.3 is 11.1 Å². The number of primary amides is 1. The van der Waals surface area contributed by atoms with Crippen molar-refractivity contribution < 1.29 is 4.79 Å². The highest BCUT2D eigenvalue weighted by Gasteiger charge is 2.39. The number of allylic oxidation sites excluding steroid dienone is 2. The summed E-state index contributed by atoms with van der Waals surface area (Å²) >= 11 is 12.7. The van der Waals surface area contributed by atoms with E-state index in [4.69, 9.17) is 28.9 Å². The Morgan fingerprint density at radius 2 is 1.88 bits per heavy atom. The molecule has 0 saturated heterocycles. The second-order valence-electron chi connectivity index (χ2n) is 6.25. The molecule has 4 rings (SSSR count). The number of nitrogens with one attached hydrogen (secondary N) is 1. The second-order valence-corrected chi connectivity index (χ2v) is 7.04. The number of hydrogen-bond acceptors (Lipinski definition) is 2. The number of carbonyl (C=O) groups excluding carboxylic acids is 1. The van der Waals surface area contributed by atoms with Gasteiger partial charge in [0.2, 0.25) is 0 Å². The fourth-order valence-electron chi connectivity index (χ4n) is 3.90. The van der Waals surface area contributed by atoms with Crippen LogP contribution in [0.1, 0.15) is 39.9 Å². The summed E-state index contributed by atoms with van der Waals surface area (Å²) in [5.41, 5.74) is 8.94. The number of hydrogen-bond donors (Lipinski definition) is 2. The van der Waals surface area contributed by atoms with Crippen LogP contribution in [0.4, 0.5) is 5.69 Å². The van der Waals surface area contributed by atoms with Crippen LogP contribution >= 0.6 is 23.2 Å². The first kappa shape index (κ1) is 15.6. The highest BCUT2D eigenvalue weighted by Crippen LogP contribution is 2.51. The monoisotopic (exact) mass is 358 g/mol. The third-order valence-corrected chi connectivity index (χ3v) is 5.81. The van der Waals surface area contributed by atoms with E-state index in [1.54, 1.807) is 12.1 Å². The standard InChI is InChI=1S/C19H16Cl2N2O/c20-15-9-3-7-13(16(15)21)17-11-5-1-4-10(11)12-6-2-8-14(19(22)24)18(12)23-17/h1-4,6-11,17,23H,5H2,(H2,22,24). The van der Waals surface area contributed by atoms with Gasteiger partial charge in [0.15, 0.2) is 0 Å². The van der Waals surface area contributed by atoms with Crippen LogP contribution in [-0.4, -0.2) is 5.91 Å². The van der Waals surface area contributed by atoms with Gasteiger partial charge in [0, 0.05) is 5.92 Å². The predicted octanol–water partition coefficient (Wildman–Crippen LogP) is 4.92. The summed E-state index contributed by atoms with van der Waals surface area (Å²) in [5.74, 6) is 0.132. The molecule has 3 N–H and O–H groups in total. The molecule has 1 aliphatic carbocycles. The Bertz CT molecular complexity index is 862. The van der Waals surface area contributed by atoms with Crippen molar-refractivity contribution in [3.8, 4) is 0 Å². The molecule has 0 radical (unpaired) electrons. The number of fused-ring (bicyclic) bond motifs is 3. The summed E-state index contributed by atoms with van der Waals surface area (Å²) in [6.45, 7) is 0. The number of carbonyl (C=O) groups is 1. The minimum absolute atomic E-state index is 0.0239. The van der Waals surface area contributed by atoms with E-state index < -0.39 is 5.91 Å². The average Bonchev–Trinajstić information content (AvgIpc) is 3.06. The van der Waals surface area contributed by atoms with E-state index in [1.165, 1.54) is 0 Å². The maximum absolute atomic E-state index is 11.8. The normalized spacial score (nSPS) is 24.2. The fourth-order valence-corrected chi connectivity index (χ4v) is 4.32. The lowest BCUT2D eigenvalue weighted by Gasteiger charge is -2.38. The largest absolute Gasteiger partial charge is 0.377 e. The van der Waals surface area contributed by atoms with Crippen molar-refractivity contribution in [3.63, 3.8) is 0 Å². The van der Waals surface area contributed by atoms with Crippen molar-refractivity contribution in [1.29, 1.82) is 0 Å². The van der Waals surface area contributed by atoms with Gasteiger partial charge in [-0.25, -0.2) is 0 Å². The molecular weight excluding hydrogens is 343 g/mol. The van der Waals surface area contributed by atoms with Crippen molar-refractivity contribution in [3.05, 3.63) is 75.3 Å². The van der Waals surface area contributed by atoms with Crippen LogP contribution in [0.15, 0.2) is 48.6 Å². The molecule has 3 nitrogen and oxygen atoms in total. The summed E-state index contributed by atoms with van der Waals surface area (Å²) in [6.07, 6.45) is 5.35. The number of benzene rings is 2. The van der Waals surface area contributed by atoms with Crippen molar-refractivity contribution in [1.82, 2.24) is 0 Å². The highest BCUT2D eigenvalue weighted by molar-refractivity contribution is 6.42. The van der Waals surface area contributed by atoms with E-state index in [-0.39, 0.29) is 12.0 Å². The van der Waals surface area contributed by atoms with Crippen LogP contribution in [0.2, 0.25) is 10.0 Å². The van der Waals surface area contributed by atoms with Crippen molar-refractivity contribution in [2.24, 2.45) is 11.7 Å². The van der Waals surface area contributed by atoms with E-state index >= 15 is 0 Å². The van der Waals surface area contributed by atoms with Gasteiger partial charge in [-0.2, -0.15) is 0 Å². The Balaban J connectivity index is 1.88. The molecule has 2 aliphatic rings. The van der Waals surface area contributed by atoms with Gasteiger partial charge in [0.1, 0.15) is 0 Å². The van der Waals surface area contributed by atoms with Crippen LogP contribution in [-0.2, 0) is 0 Å². The molecule has 1 aliphatic heterocycles. The number of rotatable bonds is 2. The molecule has 122 valence electrons. The molecule has 0 spiro atoms. The molecule has 1 amide bonds. The summed E-state index contributed by atoms with van der Waals surface area (Å²) in [6, 6.07) is 11.3. The number of halogens is 2. The topological polar surface area (TPSA) is 55.1 Å². The smallest absolute Gasteiger partial charge is 0.250 e. The molecule has 3 unspecified atom stereocenters. The van der Waals surface area contributed by atoms with Gasteiger partial charge >= 0.3 is 0 Å². The maximum Gasteiger partial charge on any atom is 0.250 e. The lowest BCUT2D eigenvalue weighted by Crippen LogP contribution is -2.31. The molecule has 5 heteroatoms. The molecule has 1 heterocycles. The van der Waals surface area contributed by atoms with Crippen LogP contribution in [0, 0.1) is 5.92 Å². The van der Waals surface area contributed by atoms with E-state index in [9.17, 15) is 4.79 Å². The first-order valence-corrected chi connectivity index (χ1v) is 8.63. The molecule has 0 saturated carbocycles. The first-order chi connectivity index (χ1) is 11.6. The van der Waals surface area contributed by atoms with Crippen molar-refractivity contribution >= 4 is 34.8 Å². The summed E-state index contributed by atoms with van der Waals surface area (Å²) in [4.78, 5) is 11.8. The van der Waals surface area contributed by atoms with Gasteiger partial charge in [-0.1, -0.05) is 59.6 Å². The fraction of sp³-hybridized carbons (Fsp3) is 0.211. The van der Waals surface area contributed by atoms with Crippen molar-refractivity contribution in [2.45, 2.75) is 18.4 Å². The molecule has 0 bridgehead atoms. The SMILES string of the molecule is NC(=O)c1cccc2c1NC(c1cccc(Cl)c1Cl)C1CC=CC21. The molecule has 2 aromatic carbocycles. The number of amides is 1. The number of para-hydroxylation sites is 1. The highest BCUT2D eigenvalue weighted by atomic mass is 35.5. The van der Waals surface area contributed by atoms with Gasteiger partial charge in [-0.3, -0.25) is 4.79 Å². The number of anilines is 1. The lowest BCUT2D eigenvalue weighted by molar-refractivity contribution is 0.100. The third kappa shape index (κ3) is 2.31. The maximum atomic E-state index is 11.8. The van der Waals surface area contributed by atoms with Gasteiger partial charge in [-0.15, -0.1) is 0 Å². The molecule has 24 heavy (non-hydrogen) atoms. The third-order valence-electron chi connectivity index (χ3n) is 4.98. The molecule has 0 fully saturated rings. The van der Waals surface area contributed by atoms with Gasteiger partial charge in [-0.05, 0) is 35.6 Å². The van der Waals surface area contributed by atoms with E-state index in [1.807, 2.05) is 18.2 Å². The summed E-state index contributed by atoms with van der Waals surface area (Å²) in [7, 11) is 0. The zero-order valence-corrected chi connectivity index (χ0v) is 14.3. The Morgan fingerprint density at radius 1 is 1.12 bits per heavy atom.